The summed E-state index contributed by atoms with van der Waals surface area (Å²) in [6, 6.07) is 3.66. The normalized spacial score (nSPS) is 22.0. The number of hydrogen-bond donors (Lipinski definition) is 5. The molecule has 2 saturated carbocycles. The topological polar surface area (TPSA) is 191 Å². The SMILES string of the molecule is CN[C@@H](C)C(=O)N[C@H](C(=O)N1CCC[C@H]1C(=O)N[C@H](COCc1cccc(COC[C@@H](NC(=O)[C@@H]2CCCN2C(=O)[C@@H](NC(=O)[C@H](C)N(C)Cl)C(C)(C)C)C2CCCCC2)c1)C1CCCCC1)C(C)(C)C. The number of benzene rings is 1. The van der Waals surface area contributed by atoms with Gasteiger partial charge in [-0.25, -0.2) is 4.42 Å². The Bertz CT molecular complexity index is 1930. The van der Waals surface area contributed by atoms with Gasteiger partial charge in [-0.3, -0.25) is 28.8 Å². The van der Waals surface area contributed by atoms with Gasteiger partial charge in [0.2, 0.25) is 35.4 Å². The van der Waals surface area contributed by atoms with Crippen LogP contribution in [0.3, 0.4) is 0 Å². The third-order valence-electron chi connectivity index (χ3n) is 15.4. The highest BCUT2D eigenvalue weighted by molar-refractivity contribution is 6.14. The summed E-state index contributed by atoms with van der Waals surface area (Å²) < 4.78 is 14.1. The van der Waals surface area contributed by atoms with Gasteiger partial charge >= 0.3 is 0 Å². The molecule has 16 nitrogen and oxygen atoms in total. The summed E-state index contributed by atoms with van der Waals surface area (Å²) in [5, 5.41) is 15.5. The first-order chi connectivity index (χ1) is 33.6. The van der Waals surface area contributed by atoms with E-state index in [-0.39, 0.29) is 59.4 Å². The molecule has 0 unspecified atom stereocenters. The van der Waals surface area contributed by atoms with E-state index in [1.807, 2.05) is 59.7 Å². The molecular weight excluding hydrogens is 924 g/mol. The number of halogens is 1. The fraction of sp³-hybridized carbons (Fsp3) is 0.778. The maximum Gasteiger partial charge on any atom is 0.246 e. The van der Waals surface area contributed by atoms with E-state index in [1.54, 1.807) is 37.7 Å². The Labute approximate surface area is 430 Å². The highest BCUT2D eigenvalue weighted by Gasteiger charge is 2.45. The Balaban J connectivity index is 1.18. The van der Waals surface area contributed by atoms with Crippen molar-refractivity contribution in [1.29, 1.82) is 0 Å². The molecule has 0 spiro atoms. The molecule has 5 rings (SSSR count). The Morgan fingerprint density at radius 3 is 1.42 bits per heavy atom. The van der Waals surface area contributed by atoms with Crippen molar-refractivity contribution in [3.63, 3.8) is 0 Å². The van der Waals surface area contributed by atoms with Crippen molar-refractivity contribution in [3.05, 3.63) is 35.4 Å². The van der Waals surface area contributed by atoms with Gasteiger partial charge in [-0.05, 0) is 118 Å². The number of amides is 6. The zero-order valence-electron chi connectivity index (χ0n) is 44.7. The number of carbonyl (C=O) groups is 6. The highest BCUT2D eigenvalue weighted by atomic mass is 35.5. The van der Waals surface area contributed by atoms with Crippen LogP contribution in [0.2, 0.25) is 0 Å². The molecule has 1 aromatic rings. The van der Waals surface area contributed by atoms with Crippen LogP contribution in [0.4, 0.5) is 0 Å². The number of likely N-dealkylation sites (N-methyl/N-ethyl adjacent to an activating group) is 2. The van der Waals surface area contributed by atoms with Gasteiger partial charge in [-0.2, -0.15) is 0 Å². The van der Waals surface area contributed by atoms with E-state index in [0.717, 1.165) is 62.5 Å². The molecule has 4 fully saturated rings. The van der Waals surface area contributed by atoms with E-state index in [9.17, 15) is 28.8 Å². The molecule has 0 radical (unpaired) electrons. The van der Waals surface area contributed by atoms with Crippen molar-refractivity contribution in [2.45, 2.75) is 207 Å². The Morgan fingerprint density at radius 1 is 0.634 bits per heavy atom. The zero-order chi connectivity index (χ0) is 52.0. The van der Waals surface area contributed by atoms with Crippen LogP contribution in [-0.2, 0) is 51.5 Å². The first-order valence-corrected chi connectivity index (χ1v) is 27.1. The van der Waals surface area contributed by atoms with Crippen LogP contribution < -0.4 is 26.6 Å². The van der Waals surface area contributed by atoms with E-state index in [4.69, 9.17) is 21.3 Å². The van der Waals surface area contributed by atoms with Crippen LogP contribution in [-0.4, -0.2) is 138 Å². The smallest absolute Gasteiger partial charge is 0.246 e. The predicted octanol–water partition coefficient (Wildman–Crippen LogP) is 5.98. The number of ether oxygens (including phenoxy) is 2. The number of rotatable bonds is 22. The summed E-state index contributed by atoms with van der Waals surface area (Å²) in [5.74, 6) is -0.963. The second-order valence-electron chi connectivity index (χ2n) is 23.1. The Morgan fingerprint density at radius 2 is 1.04 bits per heavy atom. The molecule has 2 aliphatic carbocycles. The molecular formula is C54H89ClN8O8. The van der Waals surface area contributed by atoms with Gasteiger partial charge in [0.15, 0.2) is 0 Å². The molecule has 5 N–H and O–H groups in total. The van der Waals surface area contributed by atoms with Crippen molar-refractivity contribution in [2.75, 3.05) is 40.4 Å². The molecule has 1 aromatic carbocycles. The van der Waals surface area contributed by atoms with Gasteiger partial charge in [-0.1, -0.05) is 104 Å². The fourth-order valence-electron chi connectivity index (χ4n) is 10.7. The molecule has 0 bridgehead atoms. The molecule has 400 valence electrons. The minimum absolute atomic E-state index is 0.172. The lowest BCUT2D eigenvalue weighted by Crippen LogP contribution is -2.60. The molecule has 2 saturated heterocycles. The van der Waals surface area contributed by atoms with Gasteiger partial charge in [-0.15, -0.1) is 0 Å². The summed E-state index contributed by atoms with van der Waals surface area (Å²) in [6.07, 6.45) is 13.2. The minimum Gasteiger partial charge on any atom is -0.375 e. The van der Waals surface area contributed by atoms with Crippen molar-refractivity contribution >= 4 is 47.2 Å². The first-order valence-electron chi connectivity index (χ1n) is 26.7. The molecule has 8 atom stereocenters. The number of hydrogen-bond acceptors (Lipinski definition) is 10. The first kappa shape index (κ1) is 58.1. The average Bonchev–Trinajstić information content (AvgIpc) is 4.05. The minimum atomic E-state index is -0.838. The maximum atomic E-state index is 14.2. The second kappa shape index (κ2) is 26.9. The van der Waals surface area contributed by atoms with E-state index >= 15 is 0 Å². The zero-order valence-corrected chi connectivity index (χ0v) is 45.5. The largest absolute Gasteiger partial charge is 0.375 e. The molecule has 17 heteroatoms. The van der Waals surface area contributed by atoms with E-state index in [0.29, 0.717) is 65.2 Å². The van der Waals surface area contributed by atoms with Crippen molar-refractivity contribution < 1.29 is 38.2 Å². The van der Waals surface area contributed by atoms with Crippen molar-refractivity contribution in [3.8, 4) is 0 Å². The third kappa shape index (κ3) is 16.6. The average molecular weight is 1010 g/mol. The summed E-state index contributed by atoms with van der Waals surface area (Å²) in [5.41, 5.74) is 0.786. The Hall–Kier alpha value is -3.83. The number of nitrogens with zero attached hydrogens (tertiary/aromatic N) is 3. The predicted molar refractivity (Wildman–Crippen MR) is 277 cm³/mol. The third-order valence-corrected chi connectivity index (χ3v) is 15.7. The molecule has 2 aliphatic heterocycles. The fourth-order valence-corrected chi connectivity index (χ4v) is 10.8. The Kier molecular flexibility index (Phi) is 22.0. The molecule has 4 aliphatic rings. The maximum absolute atomic E-state index is 14.2. The highest BCUT2D eigenvalue weighted by Crippen LogP contribution is 2.32. The van der Waals surface area contributed by atoms with Crippen molar-refractivity contribution in [1.82, 2.24) is 40.8 Å². The summed E-state index contributed by atoms with van der Waals surface area (Å²) in [7, 11) is 3.30. The van der Waals surface area contributed by atoms with E-state index in [2.05, 4.69) is 32.7 Å². The van der Waals surface area contributed by atoms with Crippen LogP contribution in [0.5, 0.6) is 0 Å². The van der Waals surface area contributed by atoms with Crippen LogP contribution in [0.1, 0.15) is 156 Å². The van der Waals surface area contributed by atoms with Crippen molar-refractivity contribution in [2.24, 2.45) is 22.7 Å². The van der Waals surface area contributed by atoms with E-state index in [1.165, 1.54) is 17.3 Å². The van der Waals surface area contributed by atoms with Gasteiger partial charge in [0, 0.05) is 20.1 Å². The summed E-state index contributed by atoms with van der Waals surface area (Å²) in [6.45, 7) is 17.2. The molecule has 2 heterocycles. The standard InChI is InChI=1S/C54H89ClN8O8/c1-35(56-9)47(64)59-45(53(3,4)5)51(68)62-28-18-26-43(62)49(66)57-41(39-22-13-11-14-23-39)33-70-31-37-20-17-21-38(30-37)32-71-34-42(40-24-15-12-16-25-40)58-50(67)44-27-19-29-63(44)52(69)46(54(6,7)8)60-48(65)36(2)61(10)55/h17,20-21,30,35-36,39-46,56H,11-16,18-19,22-29,31-34H2,1-10H3,(H,57,66)(H,58,67)(H,59,64)(H,60,65)/t35-,36-,41+,42+,43-,44-,45+,46+/m0/s1. The van der Waals surface area contributed by atoms with Crippen LogP contribution in [0.15, 0.2) is 24.3 Å². The number of nitrogens with one attached hydrogen (secondary N) is 5. The second-order valence-corrected chi connectivity index (χ2v) is 23.6. The number of likely N-dealkylation sites (tertiary alicyclic amines) is 2. The molecule has 71 heavy (non-hydrogen) atoms. The van der Waals surface area contributed by atoms with Gasteiger partial charge in [0.05, 0.1) is 44.6 Å². The quantitative estimate of drug-likeness (QED) is 0.0865. The van der Waals surface area contributed by atoms with Crippen LogP contribution in [0.25, 0.3) is 0 Å². The number of carbonyl (C=O) groups excluding carboxylic acids is 6. The lowest BCUT2D eigenvalue weighted by Gasteiger charge is -2.37. The van der Waals surface area contributed by atoms with Crippen LogP contribution >= 0.6 is 11.8 Å². The molecule has 6 amide bonds. The summed E-state index contributed by atoms with van der Waals surface area (Å²) >= 11 is 6.08. The van der Waals surface area contributed by atoms with Crippen LogP contribution in [0, 0.1) is 22.7 Å². The lowest BCUT2D eigenvalue weighted by molar-refractivity contribution is -0.144. The lowest BCUT2D eigenvalue weighted by atomic mass is 9.84. The van der Waals surface area contributed by atoms with Gasteiger partial charge in [0.25, 0.3) is 0 Å². The van der Waals surface area contributed by atoms with Gasteiger partial charge < -0.3 is 45.9 Å². The monoisotopic (exact) mass is 1010 g/mol. The van der Waals surface area contributed by atoms with Gasteiger partial charge in [0.1, 0.15) is 30.2 Å². The van der Waals surface area contributed by atoms with E-state index < -0.39 is 47.1 Å². The molecule has 0 aromatic heterocycles. The summed E-state index contributed by atoms with van der Waals surface area (Å²) in [4.78, 5) is 85.9.